The van der Waals surface area contributed by atoms with Gasteiger partial charge in [-0.15, -0.1) is 26.5 Å². The van der Waals surface area contributed by atoms with E-state index in [-0.39, 0.29) is 37.6 Å². The van der Waals surface area contributed by atoms with E-state index in [9.17, 15) is 0 Å². The average molecular weight is 410 g/mol. The van der Waals surface area contributed by atoms with Gasteiger partial charge in [-0.3, -0.25) is 0 Å². The van der Waals surface area contributed by atoms with Gasteiger partial charge in [0.25, 0.3) is 0 Å². The Kier molecular flexibility index (Phi) is 16.6. The molecule has 0 N–H and O–H groups in total. The average Bonchev–Trinajstić information content (AvgIpc) is 3.29. The molecule has 0 spiro atoms. The van der Waals surface area contributed by atoms with Crippen molar-refractivity contribution in [2.45, 2.75) is 53.4 Å². The Morgan fingerprint density at radius 2 is 1.20 bits per heavy atom. The van der Waals surface area contributed by atoms with Gasteiger partial charge < -0.3 is 30.3 Å². The third-order valence-electron chi connectivity index (χ3n) is 3.98. The molecule has 0 bridgehead atoms. The quantitative estimate of drug-likeness (QED) is 0.233. The van der Waals surface area contributed by atoms with Crippen LogP contribution in [-0.2, 0) is 21.7 Å². The Morgan fingerprint density at radius 3 is 1.60 bits per heavy atom. The van der Waals surface area contributed by atoms with E-state index in [4.69, 9.17) is 0 Å². The summed E-state index contributed by atoms with van der Waals surface area (Å²) in [5.74, 6) is 0. The Balaban J connectivity index is 0.000000820. The summed E-state index contributed by atoms with van der Waals surface area (Å²) >= 11 is 0. The van der Waals surface area contributed by atoms with Crippen LogP contribution in [0.4, 0.5) is 0 Å². The standard InChI is InChI=1S/C17H31P2.C5H5.Ti/c1-5-12-18(13-6-2)16-10-9-11-17(16)19(14-7-3)15-8-4;1-2-4-5-3-1;/h9-11H,5-8,12-15H2,1-4H3;1-5H;/q-1;-5;. The van der Waals surface area contributed by atoms with Crippen molar-refractivity contribution < 1.29 is 21.7 Å². The van der Waals surface area contributed by atoms with Crippen LogP contribution in [0.15, 0.2) is 48.5 Å². The van der Waals surface area contributed by atoms with Gasteiger partial charge in [0, 0.05) is 21.7 Å². The maximum atomic E-state index is 2.45. The first-order valence-corrected chi connectivity index (χ1v) is 13.1. The maximum absolute atomic E-state index is 2.45. The molecule has 0 amide bonds. The Bertz CT molecular complexity index is 430. The van der Waals surface area contributed by atoms with Crippen LogP contribution in [0.25, 0.3) is 0 Å². The molecule has 0 radical (unpaired) electrons. The normalized spacial score (nSPS) is 10.5. The minimum atomic E-state index is 0. The Morgan fingerprint density at radius 1 is 0.760 bits per heavy atom. The summed E-state index contributed by atoms with van der Waals surface area (Å²) in [5, 5.41) is 3.54. The smallest absolute Gasteiger partial charge is 0 e. The fourth-order valence-electron chi connectivity index (χ4n) is 3.04. The first-order valence-electron chi connectivity index (χ1n) is 9.70. The predicted molar refractivity (Wildman–Crippen MR) is 118 cm³/mol. The second-order valence-corrected chi connectivity index (χ2v) is 11.1. The largest absolute Gasteiger partial charge is 0.748 e. The van der Waals surface area contributed by atoms with Gasteiger partial charge in [0.15, 0.2) is 0 Å². The van der Waals surface area contributed by atoms with E-state index in [2.05, 4.69) is 45.9 Å². The molecule has 2 aromatic rings. The Labute approximate surface area is 174 Å². The van der Waals surface area contributed by atoms with Gasteiger partial charge >= 0.3 is 0 Å². The second kappa shape index (κ2) is 16.4. The molecule has 0 atom stereocenters. The molecule has 3 heteroatoms. The van der Waals surface area contributed by atoms with Crippen LogP contribution in [0, 0.1) is 0 Å². The van der Waals surface area contributed by atoms with E-state index in [0.717, 1.165) is 0 Å². The third kappa shape index (κ3) is 9.68. The SMILES string of the molecule is CCCP(CCC)c1ccc[c-]1P(CCC)CCC.[Ti].[cH-]1[cH-][cH-][cH-][cH-]1. The third-order valence-corrected chi connectivity index (χ3v) is 10.2. The molecule has 144 valence electrons. The summed E-state index contributed by atoms with van der Waals surface area (Å²) in [7, 11) is 0.245. The van der Waals surface area contributed by atoms with Crippen molar-refractivity contribution in [1.82, 2.24) is 0 Å². The molecule has 0 fully saturated rings. The van der Waals surface area contributed by atoms with Crippen molar-refractivity contribution in [3.05, 3.63) is 48.5 Å². The second-order valence-electron chi connectivity index (χ2n) is 6.23. The monoisotopic (exact) mass is 410 g/mol. The summed E-state index contributed by atoms with van der Waals surface area (Å²) in [6.45, 7) is 9.37. The van der Waals surface area contributed by atoms with Crippen molar-refractivity contribution in [3.63, 3.8) is 0 Å². The predicted octanol–water partition coefficient (Wildman–Crippen LogP) is 6.66. The van der Waals surface area contributed by atoms with Crippen molar-refractivity contribution in [2.24, 2.45) is 0 Å². The zero-order chi connectivity index (χ0) is 17.6. The molecule has 0 heterocycles. The fraction of sp³-hybridized carbons (Fsp3) is 0.545. The van der Waals surface area contributed by atoms with Crippen molar-refractivity contribution in [1.29, 1.82) is 0 Å². The maximum Gasteiger partial charge on any atom is 0 e. The van der Waals surface area contributed by atoms with Gasteiger partial charge in [-0.05, 0) is 24.6 Å². The first kappa shape index (κ1) is 25.3. The molecule has 25 heavy (non-hydrogen) atoms. The van der Waals surface area contributed by atoms with E-state index in [1.54, 1.807) is 10.6 Å². The summed E-state index contributed by atoms with van der Waals surface area (Å²) in [5.41, 5.74) is 0. The molecule has 0 saturated heterocycles. The molecule has 0 saturated carbocycles. The molecule has 2 aromatic carbocycles. The summed E-state index contributed by atoms with van der Waals surface area (Å²) in [6, 6.07) is 17.2. The molecule has 0 unspecified atom stereocenters. The van der Waals surface area contributed by atoms with Crippen molar-refractivity contribution >= 4 is 26.5 Å². The van der Waals surface area contributed by atoms with E-state index < -0.39 is 0 Å². The van der Waals surface area contributed by atoms with Crippen LogP contribution in [0.5, 0.6) is 0 Å². The van der Waals surface area contributed by atoms with Gasteiger partial charge in [-0.25, -0.2) is 12.1 Å². The minimum absolute atomic E-state index is 0. The van der Waals surface area contributed by atoms with E-state index in [0.29, 0.717) is 0 Å². The number of hydrogen-bond donors (Lipinski definition) is 0. The van der Waals surface area contributed by atoms with E-state index in [1.165, 1.54) is 50.3 Å². The van der Waals surface area contributed by atoms with E-state index >= 15 is 0 Å². The van der Waals surface area contributed by atoms with Crippen LogP contribution in [0.3, 0.4) is 0 Å². The molecule has 0 nitrogen and oxygen atoms in total. The van der Waals surface area contributed by atoms with Crippen LogP contribution in [-0.4, -0.2) is 24.6 Å². The Hall–Kier alpha value is 0.274. The topological polar surface area (TPSA) is 0 Å². The molecular weight excluding hydrogens is 374 g/mol. The van der Waals surface area contributed by atoms with Crippen molar-refractivity contribution in [2.75, 3.05) is 24.6 Å². The first-order chi connectivity index (χ1) is 11.8. The van der Waals surface area contributed by atoms with Gasteiger partial charge in [-0.2, -0.15) is 6.07 Å². The summed E-state index contributed by atoms with van der Waals surface area (Å²) < 4.78 is 0. The number of rotatable bonds is 10. The zero-order valence-electron chi connectivity index (χ0n) is 16.7. The van der Waals surface area contributed by atoms with Crippen LogP contribution < -0.4 is 10.6 Å². The number of hydrogen-bond acceptors (Lipinski definition) is 0. The molecule has 0 aliphatic rings. The van der Waals surface area contributed by atoms with Gasteiger partial charge in [0.2, 0.25) is 0 Å². The minimum Gasteiger partial charge on any atom is -0.748 e. The molecule has 0 aliphatic carbocycles. The summed E-state index contributed by atoms with van der Waals surface area (Å²) in [4.78, 5) is 0. The van der Waals surface area contributed by atoms with E-state index in [1.807, 2.05) is 30.3 Å². The molecule has 0 aliphatic heterocycles. The summed E-state index contributed by atoms with van der Waals surface area (Å²) in [6.07, 6.45) is 11.1. The fourth-order valence-corrected chi connectivity index (χ4v) is 8.85. The van der Waals surface area contributed by atoms with Crippen LogP contribution >= 0.6 is 15.8 Å². The van der Waals surface area contributed by atoms with Gasteiger partial charge in [-0.1, -0.05) is 53.4 Å². The van der Waals surface area contributed by atoms with Gasteiger partial charge in [0.1, 0.15) is 0 Å². The molecule has 2 rings (SSSR count). The van der Waals surface area contributed by atoms with Crippen molar-refractivity contribution in [3.8, 4) is 0 Å². The molecule has 0 aromatic heterocycles. The van der Waals surface area contributed by atoms with Gasteiger partial charge in [0.05, 0.1) is 0 Å². The van der Waals surface area contributed by atoms with Crippen LogP contribution in [0.2, 0.25) is 0 Å². The molecular formula is C22H36P2Ti-6. The zero-order valence-corrected chi connectivity index (χ0v) is 20.0. The van der Waals surface area contributed by atoms with Crippen LogP contribution in [0.1, 0.15) is 53.4 Å².